The summed E-state index contributed by atoms with van der Waals surface area (Å²) in [5, 5.41) is 2.43. The lowest BCUT2D eigenvalue weighted by Gasteiger charge is -2.06. The Morgan fingerprint density at radius 2 is 2.50 bits per heavy atom. The van der Waals surface area contributed by atoms with Crippen molar-refractivity contribution < 1.29 is 0 Å². The smallest absolute Gasteiger partial charge is 0.0284 e. The summed E-state index contributed by atoms with van der Waals surface area (Å²) in [6.07, 6.45) is 7.46. The molecule has 0 fully saturated rings. The van der Waals surface area contributed by atoms with E-state index in [0.717, 1.165) is 11.6 Å². The van der Waals surface area contributed by atoms with Crippen LogP contribution in [-0.4, -0.2) is 0 Å². The van der Waals surface area contributed by atoms with E-state index in [2.05, 4.69) is 36.9 Å². The van der Waals surface area contributed by atoms with Crippen molar-refractivity contribution in [2.24, 2.45) is 5.92 Å². The molecule has 0 saturated carbocycles. The van der Waals surface area contributed by atoms with Crippen LogP contribution in [0.3, 0.4) is 0 Å². The second kappa shape index (κ2) is 2.87. The average Bonchev–Trinajstić information content (AvgIpc) is 2.17. The fraction of sp³-hybridized carbons (Fsp3) is 0.167. The molecular formula is C12H10. The van der Waals surface area contributed by atoms with Crippen LogP contribution in [0.2, 0.25) is 0 Å². The van der Waals surface area contributed by atoms with Gasteiger partial charge < -0.3 is 0 Å². The summed E-state index contributed by atoms with van der Waals surface area (Å²) >= 11 is 0. The topological polar surface area (TPSA) is 0 Å². The van der Waals surface area contributed by atoms with E-state index >= 15 is 0 Å². The van der Waals surface area contributed by atoms with E-state index in [-0.39, 0.29) is 0 Å². The zero-order valence-electron chi connectivity index (χ0n) is 6.88. The summed E-state index contributed by atoms with van der Waals surface area (Å²) in [7, 11) is 0. The molecule has 0 radical (unpaired) electrons. The molecule has 1 unspecified atom stereocenters. The van der Waals surface area contributed by atoms with Crippen LogP contribution in [0.5, 0.6) is 0 Å². The molecular weight excluding hydrogens is 144 g/mol. The van der Waals surface area contributed by atoms with E-state index in [1.165, 1.54) is 5.22 Å². The van der Waals surface area contributed by atoms with Gasteiger partial charge in [0.15, 0.2) is 0 Å². The van der Waals surface area contributed by atoms with Crippen LogP contribution in [0.25, 0.3) is 12.2 Å². The van der Waals surface area contributed by atoms with Crippen LogP contribution < -0.4 is 10.4 Å². The third kappa shape index (κ3) is 1.14. The van der Waals surface area contributed by atoms with E-state index in [0.29, 0.717) is 5.92 Å². The molecule has 0 heteroatoms. The Morgan fingerprint density at radius 1 is 1.58 bits per heavy atom. The third-order valence-electron chi connectivity index (χ3n) is 2.16. The van der Waals surface area contributed by atoms with Crippen molar-refractivity contribution in [1.29, 1.82) is 0 Å². The lowest BCUT2D eigenvalue weighted by Crippen LogP contribution is -2.27. The maximum absolute atomic E-state index is 3.78. The first-order valence-corrected chi connectivity index (χ1v) is 4.13. The van der Waals surface area contributed by atoms with Gasteiger partial charge in [-0.1, -0.05) is 30.4 Å². The summed E-state index contributed by atoms with van der Waals surface area (Å²) in [6.45, 7) is 3.78. The van der Waals surface area contributed by atoms with Crippen LogP contribution in [0.1, 0.15) is 6.42 Å². The van der Waals surface area contributed by atoms with Crippen molar-refractivity contribution in [3.05, 3.63) is 47.4 Å². The van der Waals surface area contributed by atoms with Gasteiger partial charge in [0.05, 0.1) is 0 Å². The molecule has 0 heterocycles. The molecule has 0 spiro atoms. The van der Waals surface area contributed by atoms with Crippen molar-refractivity contribution in [2.45, 2.75) is 6.42 Å². The summed E-state index contributed by atoms with van der Waals surface area (Å²) in [5.41, 5.74) is 0. The van der Waals surface area contributed by atoms with Crippen LogP contribution in [-0.2, 0) is 0 Å². The molecule has 1 aliphatic carbocycles. The maximum atomic E-state index is 3.78. The van der Waals surface area contributed by atoms with Gasteiger partial charge in [0.25, 0.3) is 0 Å². The van der Waals surface area contributed by atoms with Gasteiger partial charge in [-0.15, -0.1) is 6.58 Å². The molecule has 0 amide bonds. The Kier molecular flexibility index (Phi) is 1.72. The SMILES string of the molecule is C=CC1C=c2c#cccc2=CC1. The molecule has 12 heavy (non-hydrogen) atoms. The maximum Gasteiger partial charge on any atom is 0.0284 e. The average molecular weight is 154 g/mol. The van der Waals surface area contributed by atoms with E-state index in [1.54, 1.807) is 0 Å². The molecule has 0 bridgehead atoms. The van der Waals surface area contributed by atoms with Gasteiger partial charge in [-0.25, -0.2) is 0 Å². The van der Waals surface area contributed by atoms with E-state index in [4.69, 9.17) is 0 Å². The Labute approximate surface area is 72.5 Å². The van der Waals surface area contributed by atoms with Crippen molar-refractivity contribution in [2.75, 3.05) is 0 Å². The van der Waals surface area contributed by atoms with Crippen molar-refractivity contribution in [1.82, 2.24) is 0 Å². The van der Waals surface area contributed by atoms with Gasteiger partial charge in [-0.3, -0.25) is 0 Å². The first-order valence-electron chi connectivity index (χ1n) is 4.13. The normalized spacial score (nSPS) is 19.5. The minimum atomic E-state index is 0.476. The van der Waals surface area contributed by atoms with Gasteiger partial charge in [-0.2, -0.15) is 0 Å². The summed E-state index contributed by atoms with van der Waals surface area (Å²) < 4.78 is 0. The highest BCUT2D eigenvalue weighted by atomic mass is 14.0. The van der Waals surface area contributed by atoms with Crippen LogP contribution >= 0.6 is 0 Å². The second-order valence-corrected chi connectivity index (χ2v) is 2.98. The highest BCUT2D eigenvalue weighted by Crippen LogP contribution is 2.07. The third-order valence-corrected chi connectivity index (χ3v) is 2.16. The molecule has 58 valence electrons. The van der Waals surface area contributed by atoms with Gasteiger partial charge in [0.1, 0.15) is 0 Å². The Morgan fingerprint density at radius 3 is 3.33 bits per heavy atom. The van der Waals surface area contributed by atoms with Crippen LogP contribution in [0.4, 0.5) is 0 Å². The highest BCUT2D eigenvalue weighted by molar-refractivity contribution is 5.41. The highest BCUT2D eigenvalue weighted by Gasteiger charge is 2.01. The largest absolute Gasteiger partial charge is 0.102 e. The molecule has 0 aliphatic heterocycles. The molecule has 1 aromatic carbocycles. The van der Waals surface area contributed by atoms with E-state index in [9.17, 15) is 0 Å². The monoisotopic (exact) mass is 154 g/mol. The standard InChI is InChI=1S/C12H10/c1-2-10-7-8-11-5-3-4-6-12(11)9-10/h2-3,5,8-10H,1,7H2. The molecule has 0 saturated heterocycles. The second-order valence-electron chi connectivity index (χ2n) is 2.98. The fourth-order valence-corrected chi connectivity index (χ4v) is 1.44. The van der Waals surface area contributed by atoms with E-state index in [1.807, 2.05) is 12.1 Å². The molecule has 1 aromatic rings. The number of allylic oxidation sites excluding steroid dienone is 1. The molecule has 1 atom stereocenters. The molecule has 2 rings (SSSR count). The Hall–Kier alpha value is -1.48. The van der Waals surface area contributed by atoms with Crippen molar-refractivity contribution in [3.8, 4) is 0 Å². The lowest BCUT2D eigenvalue weighted by atomic mass is 9.98. The summed E-state index contributed by atoms with van der Waals surface area (Å²) in [6, 6.07) is 10.0. The predicted molar refractivity (Wildman–Crippen MR) is 50.6 cm³/mol. The molecule has 0 aromatic heterocycles. The van der Waals surface area contributed by atoms with Gasteiger partial charge >= 0.3 is 0 Å². The van der Waals surface area contributed by atoms with Gasteiger partial charge in [-0.05, 0) is 29.7 Å². The quantitative estimate of drug-likeness (QED) is 0.530. The van der Waals surface area contributed by atoms with Gasteiger partial charge in [0.2, 0.25) is 0 Å². The number of fused-ring (bicyclic) bond motifs is 1. The lowest BCUT2D eigenvalue weighted by molar-refractivity contribution is 0.896. The van der Waals surface area contributed by atoms with Crippen molar-refractivity contribution in [3.63, 3.8) is 0 Å². The number of hydrogen-bond acceptors (Lipinski definition) is 0. The number of rotatable bonds is 1. The number of hydrogen-bond donors (Lipinski definition) is 0. The molecule has 1 aliphatic rings. The zero-order chi connectivity index (χ0) is 8.39. The van der Waals surface area contributed by atoms with Crippen LogP contribution in [0, 0.1) is 18.1 Å². The first kappa shape index (κ1) is 7.18. The van der Waals surface area contributed by atoms with E-state index < -0.39 is 0 Å². The fourth-order valence-electron chi connectivity index (χ4n) is 1.44. The van der Waals surface area contributed by atoms with Gasteiger partial charge in [0, 0.05) is 5.22 Å². The Bertz CT molecular complexity index is 398. The van der Waals surface area contributed by atoms with Crippen molar-refractivity contribution >= 4 is 12.2 Å². The predicted octanol–water partition coefficient (Wildman–Crippen LogP) is 1.05. The molecule has 0 nitrogen and oxygen atoms in total. The summed E-state index contributed by atoms with van der Waals surface area (Å²) in [4.78, 5) is 0. The minimum absolute atomic E-state index is 0.476. The summed E-state index contributed by atoms with van der Waals surface area (Å²) in [5.74, 6) is 0.476. The zero-order valence-corrected chi connectivity index (χ0v) is 6.88. The minimum Gasteiger partial charge on any atom is -0.102 e. The molecule has 0 N–H and O–H groups in total. The van der Waals surface area contributed by atoms with Crippen LogP contribution in [0.15, 0.2) is 24.8 Å². The Balaban J connectivity index is 2.63. The first-order chi connectivity index (χ1) is 5.90.